The molecule has 1 aliphatic carbocycles. The first-order valence-electron chi connectivity index (χ1n) is 11.0. The highest BCUT2D eigenvalue weighted by Gasteiger charge is 2.63. The van der Waals surface area contributed by atoms with Crippen molar-refractivity contribution in [1.29, 1.82) is 0 Å². The van der Waals surface area contributed by atoms with Crippen molar-refractivity contribution in [2.45, 2.75) is 69.1 Å². The number of epoxide rings is 1. The third-order valence-corrected chi connectivity index (χ3v) is 7.50. The maximum Gasteiger partial charge on any atom is 0.275 e. The van der Waals surface area contributed by atoms with Gasteiger partial charge in [0.15, 0.2) is 18.1 Å². The molecule has 2 aromatic rings. The molecule has 6 rings (SSSR count). The Bertz CT molecular complexity index is 1140. The van der Waals surface area contributed by atoms with Crippen molar-refractivity contribution >= 4 is 23.2 Å². The molecule has 1 aromatic heterocycles. The van der Waals surface area contributed by atoms with Gasteiger partial charge in [-0.2, -0.15) is 5.10 Å². The van der Waals surface area contributed by atoms with E-state index >= 15 is 0 Å². The molecule has 3 atom stereocenters. The van der Waals surface area contributed by atoms with Gasteiger partial charge in [-0.05, 0) is 38.0 Å². The van der Waals surface area contributed by atoms with E-state index in [1.807, 2.05) is 0 Å². The molecule has 1 aromatic carbocycles. The molecule has 4 aliphatic rings. The Labute approximate surface area is 193 Å². The lowest BCUT2D eigenvalue weighted by atomic mass is 9.99. The van der Waals surface area contributed by atoms with Crippen molar-refractivity contribution < 1.29 is 22.7 Å². The van der Waals surface area contributed by atoms with Gasteiger partial charge in [0.05, 0.1) is 11.6 Å². The summed E-state index contributed by atoms with van der Waals surface area (Å²) in [5, 5.41) is 10.4. The number of amides is 1. The van der Waals surface area contributed by atoms with Crippen LogP contribution in [0.3, 0.4) is 0 Å². The largest absolute Gasteiger partial charge is 0.357 e. The number of nitrogens with zero attached hydrogens (tertiary/aromatic N) is 3. The zero-order valence-corrected chi connectivity index (χ0v) is 18.6. The Morgan fingerprint density at radius 1 is 1.36 bits per heavy atom. The summed E-state index contributed by atoms with van der Waals surface area (Å²) in [6.45, 7) is 1.92. The van der Waals surface area contributed by atoms with Crippen LogP contribution in [-0.2, 0) is 17.7 Å². The summed E-state index contributed by atoms with van der Waals surface area (Å²) in [6, 6.07) is 4.49. The van der Waals surface area contributed by atoms with Gasteiger partial charge in [0, 0.05) is 47.9 Å². The van der Waals surface area contributed by atoms with Crippen LogP contribution in [0.2, 0.25) is 5.02 Å². The monoisotopic (exact) mass is 481 g/mol. The summed E-state index contributed by atoms with van der Waals surface area (Å²) in [6.07, 6.45) is 1.03. The van der Waals surface area contributed by atoms with Gasteiger partial charge in [-0.1, -0.05) is 11.6 Å². The number of benzene rings is 1. The minimum Gasteiger partial charge on any atom is -0.357 e. The van der Waals surface area contributed by atoms with Gasteiger partial charge in [-0.15, -0.1) is 0 Å². The number of nitrogens with one attached hydrogen (secondary N) is 2. The molecule has 2 saturated heterocycles. The highest BCUT2D eigenvalue weighted by molar-refractivity contribution is 6.31. The van der Waals surface area contributed by atoms with Gasteiger partial charge >= 0.3 is 0 Å². The van der Waals surface area contributed by atoms with E-state index in [0.717, 1.165) is 11.3 Å². The topological polar surface area (TPSA) is 76.8 Å². The molecule has 0 radical (unpaired) electrons. The van der Waals surface area contributed by atoms with E-state index in [1.54, 1.807) is 6.07 Å². The molecule has 1 saturated carbocycles. The number of hydrogen-bond acceptors (Lipinski definition) is 5. The van der Waals surface area contributed by atoms with Gasteiger partial charge in [0.25, 0.3) is 11.8 Å². The second-order valence-electron chi connectivity index (χ2n) is 9.62. The molecule has 1 amide bonds. The van der Waals surface area contributed by atoms with Crippen molar-refractivity contribution in [1.82, 2.24) is 20.0 Å². The van der Waals surface area contributed by atoms with Gasteiger partial charge in [0.2, 0.25) is 0 Å². The Kier molecular flexibility index (Phi) is 4.57. The van der Waals surface area contributed by atoms with Crippen molar-refractivity contribution in [3.05, 3.63) is 46.0 Å². The molecule has 0 bridgehead atoms. The first-order valence-corrected chi connectivity index (χ1v) is 11.4. The van der Waals surface area contributed by atoms with Gasteiger partial charge in [0.1, 0.15) is 5.82 Å². The van der Waals surface area contributed by atoms with Crippen LogP contribution in [0, 0.1) is 5.82 Å². The van der Waals surface area contributed by atoms with Crippen molar-refractivity contribution in [2.24, 2.45) is 0 Å². The minimum atomic E-state index is -2.85. The molecule has 3 unspecified atom stereocenters. The normalized spacial score (nSPS) is 29.2. The lowest BCUT2D eigenvalue weighted by Gasteiger charge is -2.32. The lowest BCUT2D eigenvalue weighted by Crippen LogP contribution is -2.43. The number of H-pyrrole nitrogens is 1. The third-order valence-electron chi connectivity index (χ3n) is 7.21. The first kappa shape index (κ1) is 21.2. The van der Waals surface area contributed by atoms with Crippen LogP contribution in [0.15, 0.2) is 18.2 Å². The fourth-order valence-corrected chi connectivity index (χ4v) is 5.44. The zero-order chi connectivity index (χ0) is 23.1. The van der Waals surface area contributed by atoms with Crippen LogP contribution in [0.25, 0.3) is 0 Å². The number of aromatic nitrogens is 2. The van der Waals surface area contributed by atoms with E-state index in [1.165, 1.54) is 17.0 Å². The number of fused-ring (bicyclic) bond motifs is 1. The Morgan fingerprint density at radius 2 is 2.15 bits per heavy atom. The van der Waals surface area contributed by atoms with E-state index < -0.39 is 29.7 Å². The molecule has 176 valence electrons. The van der Waals surface area contributed by atoms with E-state index in [-0.39, 0.29) is 35.6 Å². The van der Waals surface area contributed by atoms with Crippen LogP contribution in [0.1, 0.15) is 47.9 Å². The van der Waals surface area contributed by atoms with E-state index in [0.29, 0.717) is 31.5 Å². The average Bonchev–Trinajstić information content (AvgIpc) is 3.63. The highest BCUT2D eigenvalue weighted by atomic mass is 35.5. The number of rotatable bonds is 4. The minimum absolute atomic E-state index is 0.0238. The highest BCUT2D eigenvalue weighted by Crippen LogP contribution is 2.54. The molecule has 1 spiro atoms. The summed E-state index contributed by atoms with van der Waals surface area (Å²) in [4.78, 5) is 16.7. The number of ether oxygens (including phenoxy) is 1. The predicted octanol–water partition coefficient (Wildman–Crippen LogP) is 3.76. The zero-order valence-electron chi connectivity index (χ0n) is 17.9. The fraction of sp³-hybridized carbons (Fsp3) is 0.545. The molecule has 2 N–H and O–H groups in total. The summed E-state index contributed by atoms with van der Waals surface area (Å²) >= 11 is 5.85. The Hall–Kier alpha value is -2.30. The maximum absolute atomic E-state index is 14.1. The summed E-state index contributed by atoms with van der Waals surface area (Å²) < 4.78 is 47.4. The summed E-state index contributed by atoms with van der Waals surface area (Å²) in [5.74, 6) is -3.77. The van der Waals surface area contributed by atoms with Crippen molar-refractivity contribution in [3.63, 3.8) is 0 Å². The SMILES string of the molecule is CC1Cc2[nH]nc(C(=O)N3CC(F)(F)CC34CC4)c2CN1C1OC1Nc1ccc(F)c(Cl)c1. The number of likely N-dealkylation sites (tertiary alicyclic amines) is 1. The molecule has 11 heteroatoms. The molecule has 3 aliphatic heterocycles. The van der Waals surface area contributed by atoms with E-state index in [4.69, 9.17) is 16.3 Å². The first-order chi connectivity index (χ1) is 15.7. The van der Waals surface area contributed by atoms with Crippen LogP contribution in [0.5, 0.6) is 0 Å². The smallest absolute Gasteiger partial charge is 0.275 e. The van der Waals surface area contributed by atoms with Crippen LogP contribution < -0.4 is 5.32 Å². The molecule has 3 fully saturated rings. The van der Waals surface area contributed by atoms with Crippen molar-refractivity contribution in [3.8, 4) is 0 Å². The quantitative estimate of drug-likeness (QED) is 0.650. The van der Waals surface area contributed by atoms with Crippen molar-refractivity contribution in [2.75, 3.05) is 11.9 Å². The number of carbonyl (C=O) groups excluding carboxylic acids is 1. The standard InChI is InChI=1S/C22H23ClF3N5O2/c1-11-6-16-13(8-30(11)20-18(33-20)27-12-2-3-15(24)14(23)7-12)17(29-28-16)19(32)31-10-22(25,26)9-21(31)4-5-21/h2-3,7,11,18,20,27H,4-6,8-10H2,1H3,(H,28,29). The van der Waals surface area contributed by atoms with Crippen LogP contribution in [0.4, 0.5) is 18.9 Å². The molecular weight excluding hydrogens is 459 g/mol. The maximum atomic E-state index is 14.1. The Morgan fingerprint density at radius 3 is 2.88 bits per heavy atom. The Balaban J connectivity index is 1.18. The summed E-state index contributed by atoms with van der Waals surface area (Å²) in [5.41, 5.74) is 1.75. The van der Waals surface area contributed by atoms with Gasteiger partial charge in [-0.25, -0.2) is 13.2 Å². The number of alkyl halides is 2. The fourth-order valence-electron chi connectivity index (χ4n) is 5.26. The predicted molar refractivity (Wildman–Crippen MR) is 114 cm³/mol. The molecule has 33 heavy (non-hydrogen) atoms. The second-order valence-corrected chi connectivity index (χ2v) is 10.0. The number of aromatic amines is 1. The molecular formula is C22H23ClF3N5O2. The lowest BCUT2D eigenvalue weighted by molar-refractivity contribution is 0.0116. The van der Waals surface area contributed by atoms with Crippen LogP contribution in [-0.4, -0.2) is 62.4 Å². The summed E-state index contributed by atoms with van der Waals surface area (Å²) in [7, 11) is 0. The number of carbonyl (C=O) groups is 1. The van der Waals surface area contributed by atoms with Crippen LogP contribution >= 0.6 is 11.6 Å². The van der Waals surface area contributed by atoms with E-state index in [9.17, 15) is 18.0 Å². The van der Waals surface area contributed by atoms with Gasteiger partial charge in [-0.3, -0.25) is 14.8 Å². The average molecular weight is 482 g/mol. The second kappa shape index (κ2) is 7.10. The number of anilines is 1. The van der Waals surface area contributed by atoms with Gasteiger partial charge < -0.3 is 15.0 Å². The number of halogens is 4. The molecule has 7 nitrogen and oxygen atoms in total. The number of hydrogen-bond donors (Lipinski definition) is 2. The molecule has 4 heterocycles. The van der Waals surface area contributed by atoms with E-state index in [2.05, 4.69) is 27.3 Å². The third kappa shape index (κ3) is 3.59.